The summed E-state index contributed by atoms with van der Waals surface area (Å²) >= 11 is 11.0. The van der Waals surface area contributed by atoms with Crippen LogP contribution in [0.5, 0.6) is 0 Å². The van der Waals surface area contributed by atoms with Gasteiger partial charge in [0.2, 0.25) is 5.28 Å². The molecule has 4 nitrogen and oxygen atoms in total. The first-order chi connectivity index (χ1) is 9.72. The molecule has 0 radical (unpaired) electrons. The van der Waals surface area contributed by atoms with Crippen LogP contribution in [-0.4, -0.2) is 19.9 Å². The monoisotopic (exact) mass is 364 g/mol. The molecule has 0 aromatic carbocycles. The van der Waals surface area contributed by atoms with Crippen molar-refractivity contribution in [3.63, 3.8) is 0 Å². The van der Waals surface area contributed by atoms with Gasteiger partial charge in [-0.05, 0) is 45.0 Å². The third-order valence-corrected chi connectivity index (χ3v) is 4.58. The first-order valence-electron chi connectivity index (χ1n) is 5.76. The Hall–Kier alpha value is -1.50. The molecule has 4 aromatic heterocycles. The standard InChI is InChI=1S/C13H6BrClN4S/c14-10-3-6-7(4-16-9(6)5-17-10)11-12-8(1-2-20-12)18-13(15)19-11/h1-5,16H. The minimum atomic E-state index is 0.258. The van der Waals surface area contributed by atoms with Crippen LogP contribution in [0.25, 0.3) is 32.4 Å². The maximum Gasteiger partial charge on any atom is 0.223 e. The van der Waals surface area contributed by atoms with Crippen molar-refractivity contribution in [2.24, 2.45) is 0 Å². The maximum atomic E-state index is 6.03. The highest BCUT2D eigenvalue weighted by molar-refractivity contribution is 9.10. The van der Waals surface area contributed by atoms with Crippen LogP contribution >= 0.6 is 38.9 Å². The van der Waals surface area contributed by atoms with Crippen molar-refractivity contribution in [2.75, 3.05) is 0 Å². The van der Waals surface area contributed by atoms with Gasteiger partial charge in [-0.2, -0.15) is 0 Å². The number of rotatable bonds is 1. The summed E-state index contributed by atoms with van der Waals surface area (Å²) in [7, 11) is 0. The molecule has 0 amide bonds. The molecule has 0 fully saturated rings. The number of hydrogen-bond acceptors (Lipinski definition) is 4. The second-order valence-electron chi connectivity index (χ2n) is 4.23. The van der Waals surface area contributed by atoms with Gasteiger partial charge in [-0.1, -0.05) is 0 Å². The molecule has 0 spiro atoms. The fourth-order valence-corrected chi connectivity index (χ4v) is 3.55. The van der Waals surface area contributed by atoms with Gasteiger partial charge in [0, 0.05) is 17.1 Å². The molecule has 20 heavy (non-hydrogen) atoms. The smallest absolute Gasteiger partial charge is 0.223 e. The number of aromatic amines is 1. The molecule has 0 aliphatic rings. The van der Waals surface area contributed by atoms with E-state index < -0.39 is 0 Å². The van der Waals surface area contributed by atoms with Crippen LogP contribution in [0, 0.1) is 0 Å². The van der Waals surface area contributed by atoms with Gasteiger partial charge < -0.3 is 4.98 Å². The first-order valence-corrected chi connectivity index (χ1v) is 7.81. The van der Waals surface area contributed by atoms with E-state index in [1.807, 2.05) is 23.7 Å². The van der Waals surface area contributed by atoms with Crippen LogP contribution < -0.4 is 0 Å². The van der Waals surface area contributed by atoms with Crippen molar-refractivity contribution in [1.82, 2.24) is 19.9 Å². The minimum absolute atomic E-state index is 0.258. The molecule has 98 valence electrons. The van der Waals surface area contributed by atoms with Crippen molar-refractivity contribution < 1.29 is 0 Å². The van der Waals surface area contributed by atoms with Gasteiger partial charge in [0.25, 0.3) is 0 Å². The quantitative estimate of drug-likeness (QED) is 0.394. The van der Waals surface area contributed by atoms with E-state index in [0.717, 1.165) is 37.0 Å². The molecular formula is C13H6BrClN4S. The van der Waals surface area contributed by atoms with Gasteiger partial charge in [-0.15, -0.1) is 11.3 Å². The van der Waals surface area contributed by atoms with Crippen LogP contribution in [-0.2, 0) is 0 Å². The predicted octanol–water partition coefficient (Wildman–Crippen LogP) is 4.65. The third-order valence-electron chi connectivity index (χ3n) is 3.06. The number of aromatic nitrogens is 4. The van der Waals surface area contributed by atoms with E-state index >= 15 is 0 Å². The second kappa shape index (κ2) is 4.51. The molecule has 7 heteroatoms. The molecule has 0 saturated heterocycles. The number of thiophene rings is 1. The zero-order valence-corrected chi connectivity index (χ0v) is 13.1. The zero-order chi connectivity index (χ0) is 13.7. The number of pyridine rings is 1. The average Bonchev–Trinajstić information content (AvgIpc) is 3.03. The van der Waals surface area contributed by atoms with Gasteiger partial charge in [0.1, 0.15) is 4.60 Å². The highest BCUT2D eigenvalue weighted by Crippen LogP contribution is 2.35. The summed E-state index contributed by atoms with van der Waals surface area (Å²) in [6.07, 6.45) is 3.72. The van der Waals surface area contributed by atoms with Crippen LogP contribution in [0.15, 0.2) is 34.5 Å². The molecule has 0 aliphatic heterocycles. The SMILES string of the molecule is Clc1nc(-c2c[nH]c3cnc(Br)cc23)c2sccc2n1. The van der Waals surface area contributed by atoms with E-state index in [1.54, 1.807) is 17.5 Å². The Labute approximate surface area is 131 Å². The predicted molar refractivity (Wildman–Crippen MR) is 85.2 cm³/mol. The molecular weight excluding hydrogens is 360 g/mol. The molecule has 4 heterocycles. The van der Waals surface area contributed by atoms with Crippen molar-refractivity contribution >= 4 is 60.0 Å². The fraction of sp³-hybridized carbons (Fsp3) is 0. The third kappa shape index (κ3) is 1.83. The molecule has 0 atom stereocenters. The summed E-state index contributed by atoms with van der Waals surface area (Å²) in [5, 5.41) is 3.30. The summed E-state index contributed by atoms with van der Waals surface area (Å²) in [6.45, 7) is 0. The Balaban J connectivity index is 2.10. The van der Waals surface area contributed by atoms with Crippen LogP contribution in [0.2, 0.25) is 5.28 Å². The number of halogens is 2. The highest BCUT2D eigenvalue weighted by Gasteiger charge is 2.14. The van der Waals surface area contributed by atoms with Crippen molar-refractivity contribution in [2.45, 2.75) is 0 Å². The van der Waals surface area contributed by atoms with Crippen molar-refractivity contribution in [3.8, 4) is 11.3 Å². The molecule has 4 rings (SSSR count). The lowest BCUT2D eigenvalue weighted by Crippen LogP contribution is -1.87. The Morgan fingerprint density at radius 3 is 3.10 bits per heavy atom. The van der Waals surface area contributed by atoms with Crippen LogP contribution in [0.4, 0.5) is 0 Å². The lowest BCUT2D eigenvalue weighted by Gasteiger charge is -2.02. The summed E-state index contributed by atoms with van der Waals surface area (Å²) in [6, 6.07) is 3.92. The number of fused-ring (bicyclic) bond motifs is 2. The lowest BCUT2D eigenvalue weighted by molar-refractivity contribution is 1.23. The van der Waals surface area contributed by atoms with E-state index in [4.69, 9.17) is 11.6 Å². The number of H-pyrrole nitrogens is 1. The second-order valence-corrected chi connectivity index (χ2v) is 6.30. The number of nitrogens with zero attached hydrogens (tertiary/aromatic N) is 3. The summed E-state index contributed by atoms with van der Waals surface area (Å²) in [5.74, 6) is 0. The maximum absolute atomic E-state index is 6.03. The van der Waals surface area contributed by atoms with Gasteiger partial charge >= 0.3 is 0 Å². The van der Waals surface area contributed by atoms with Crippen molar-refractivity contribution in [1.29, 1.82) is 0 Å². The molecule has 0 saturated carbocycles. The normalized spacial score (nSPS) is 11.5. The van der Waals surface area contributed by atoms with Gasteiger partial charge in [0.15, 0.2) is 0 Å². The molecule has 0 unspecified atom stereocenters. The van der Waals surface area contributed by atoms with E-state index in [1.165, 1.54) is 0 Å². The van der Waals surface area contributed by atoms with Gasteiger partial charge in [-0.25, -0.2) is 15.0 Å². The Kier molecular flexibility index (Phi) is 2.76. The largest absolute Gasteiger partial charge is 0.359 e. The van der Waals surface area contributed by atoms with E-state index in [9.17, 15) is 0 Å². The Morgan fingerprint density at radius 1 is 1.30 bits per heavy atom. The van der Waals surface area contributed by atoms with E-state index in [-0.39, 0.29) is 5.28 Å². The highest BCUT2D eigenvalue weighted by atomic mass is 79.9. The molecule has 4 aromatic rings. The van der Waals surface area contributed by atoms with Gasteiger partial charge in [-0.3, -0.25) is 0 Å². The first kappa shape index (κ1) is 12.3. The Bertz CT molecular complexity index is 946. The van der Waals surface area contributed by atoms with Crippen LogP contribution in [0.1, 0.15) is 0 Å². The summed E-state index contributed by atoms with van der Waals surface area (Å²) in [5.41, 5.74) is 3.68. The zero-order valence-electron chi connectivity index (χ0n) is 9.89. The fourth-order valence-electron chi connectivity index (χ4n) is 2.21. The average molecular weight is 366 g/mol. The van der Waals surface area contributed by atoms with Crippen molar-refractivity contribution in [3.05, 3.63) is 39.8 Å². The molecule has 0 bridgehead atoms. The minimum Gasteiger partial charge on any atom is -0.359 e. The molecule has 1 N–H and O–H groups in total. The number of nitrogens with one attached hydrogen (secondary N) is 1. The summed E-state index contributed by atoms with van der Waals surface area (Å²) in [4.78, 5) is 16.1. The topological polar surface area (TPSA) is 54.5 Å². The Morgan fingerprint density at radius 2 is 2.20 bits per heavy atom. The molecule has 0 aliphatic carbocycles. The summed E-state index contributed by atoms with van der Waals surface area (Å²) < 4.78 is 1.82. The number of hydrogen-bond donors (Lipinski definition) is 1. The van der Waals surface area contributed by atoms with Crippen LogP contribution in [0.3, 0.4) is 0 Å². The lowest BCUT2D eigenvalue weighted by atomic mass is 10.1. The van der Waals surface area contributed by atoms with Gasteiger partial charge in [0.05, 0.1) is 27.6 Å². The van der Waals surface area contributed by atoms with E-state index in [2.05, 4.69) is 35.9 Å². The van der Waals surface area contributed by atoms with E-state index in [0.29, 0.717) is 0 Å².